The highest BCUT2D eigenvalue weighted by Gasteiger charge is 2.38. The van der Waals surface area contributed by atoms with Gasteiger partial charge in [-0.25, -0.2) is 4.98 Å². The lowest BCUT2D eigenvalue weighted by atomic mass is 9.77. The lowest BCUT2D eigenvalue weighted by Gasteiger charge is -2.37. The normalized spacial score (nSPS) is 13.8. The second-order valence-electron chi connectivity index (χ2n) is 9.01. The number of carbonyl (C=O) groups excluding carboxylic acids is 1. The van der Waals surface area contributed by atoms with Crippen LogP contribution in [0.25, 0.3) is 11.6 Å². The van der Waals surface area contributed by atoms with Crippen LogP contribution in [0.3, 0.4) is 0 Å². The van der Waals surface area contributed by atoms with E-state index in [1.807, 2.05) is 60.8 Å². The van der Waals surface area contributed by atoms with Gasteiger partial charge < -0.3 is 9.88 Å². The van der Waals surface area contributed by atoms with Crippen LogP contribution in [0.15, 0.2) is 122 Å². The van der Waals surface area contributed by atoms with E-state index >= 15 is 0 Å². The predicted molar refractivity (Wildman–Crippen MR) is 146 cm³/mol. The van der Waals surface area contributed by atoms with E-state index in [0.29, 0.717) is 22.5 Å². The molecule has 0 saturated carbocycles. The Kier molecular flexibility index (Phi) is 5.65. The van der Waals surface area contributed by atoms with E-state index in [0.717, 1.165) is 16.7 Å². The number of rotatable bonds is 6. The number of benzene rings is 4. The number of nitrogens with zero attached hydrogens (tertiary/aromatic N) is 3. The number of carbonyl (C=O) groups is 1. The molecule has 4 aromatic carbocycles. The van der Waals surface area contributed by atoms with E-state index in [9.17, 15) is 14.9 Å². The number of anilines is 1. The lowest BCUT2D eigenvalue weighted by molar-refractivity contribution is -0.384. The maximum atomic E-state index is 12.8. The molecule has 1 N–H and O–H groups in total. The third kappa shape index (κ3) is 3.77. The van der Waals surface area contributed by atoms with E-state index in [2.05, 4.69) is 51.3 Å². The summed E-state index contributed by atoms with van der Waals surface area (Å²) >= 11 is 0. The van der Waals surface area contributed by atoms with Crippen molar-refractivity contribution < 1.29 is 9.72 Å². The monoisotopic (exact) mass is 498 g/mol. The minimum atomic E-state index is -0.734. The lowest BCUT2D eigenvalue weighted by Crippen LogP contribution is -2.36. The largest absolute Gasteiger partial charge is 0.321 e. The molecule has 1 aliphatic heterocycles. The Morgan fingerprint density at radius 1 is 0.816 bits per heavy atom. The maximum absolute atomic E-state index is 12.8. The SMILES string of the molecule is O=C1Nc2ccc([N+](=O)[O-])cc2/C1=C/c1cn(C(c2ccccc2)(c2ccccc2)c2ccccc2)cn1. The molecule has 7 heteroatoms. The van der Waals surface area contributed by atoms with Crippen molar-refractivity contribution in [1.29, 1.82) is 0 Å². The topological polar surface area (TPSA) is 90.1 Å². The fourth-order valence-electron chi connectivity index (χ4n) is 5.16. The molecule has 5 aromatic rings. The highest BCUT2D eigenvalue weighted by atomic mass is 16.6. The van der Waals surface area contributed by atoms with Crippen molar-refractivity contribution in [1.82, 2.24) is 9.55 Å². The number of nitro groups is 1. The smallest absolute Gasteiger partial charge is 0.270 e. The highest BCUT2D eigenvalue weighted by molar-refractivity contribution is 6.34. The number of nitrogens with one attached hydrogen (secondary N) is 1. The molecule has 1 amide bonds. The summed E-state index contributed by atoms with van der Waals surface area (Å²) in [5, 5.41) is 14.1. The average molecular weight is 499 g/mol. The Morgan fingerprint density at radius 2 is 1.37 bits per heavy atom. The van der Waals surface area contributed by atoms with Gasteiger partial charge in [-0.3, -0.25) is 14.9 Å². The number of hydrogen-bond donors (Lipinski definition) is 1. The van der Waals surface area contributed by atoms with E-state index in [1.165, 1.54) is 12.1 Å². The van der Waals surface area contributed by atoms with E-state index < -0.39 is 10.5 Å². The van der Waals surface area contributed by atoms with Gasteiger partial charge in [-0.15, -0.1) is 0 Å². The number of non-ortho nitro benzene ring substituents is 1. The molecule has 0 spiro atoms. The number of imidazole rings is 1. The molecule has 1 aromatic heterocycles. The number of hydrogen-bond acceptors (Lipinski definition) is 4. The van der Waals surface area contributed by atoms with Crippen LogP contribution in [-0.4, -0.2) is 20.4 Å². The second-order valence-corrected chi connectivity index (χ2v) is 9.01. The summed E-state index contributed by atoms with van der Waals surface area (Å²) in [5.74, 6) is -0.324. The first-order valence-corrected chi connectivity index (χ1v) is 12.1. The van der Waals surface area contributed by atoms with Gasteiger partial charge in [-0.1, -0.05) is 91.0 Å². The average Bonchev–Trinajstić information content (AvgIpc) is 3.55. The summed E-state index contributed by atoms with van der Waals surface area (Å²) < 4.78 is 2.06. The molecular formula is C31H22N4O3. The van der Waals surface area contributed by atoms with Gasteiger partial charge in [0, 0.05) is 29.6 Å². The van der Waals surface area contributed by atoms with Gasteiger partial charge in [0.15, 0.2) is 0 Å². The Hall–Kier alpha value is -5.30. The van der Waals surface area contributed by atoms with Crippen molar-refractivity contribution in [3.63, 3.8) is 0 Å². The fourth-order valence-corrected chi connectivity index (χ4v) is 5.16. The zero-order chi connectivity index (χ0) is 26.1. The van der Waals surface area contributed by atoms with Crippen molar-refractivity contribution >= 4 is 28.9 Å². The van der Waals surface area contributed by atoms with Crippen molar-refractivity contribution in [2.75, 3.05) is 5.32 Å². The van der Waals surface area contributed by atoms with Gasteiger partial charge in [-0.05, 0) is 28.8 Å². The van der Waals surface area contributed by atoms with Crippen LogP contribution in [-0.2, 0) is 10.3 Å². The predicted octanol–water partition coefficient (Wildman–Crippen LogP) is 6.12. The van der Waals surface area contributed by atoms with Crippen molar-refractivity contribution in [2.24, 2.45) is 0 Å². The number of aromatic nitrogens is 2. The Labute approximate surface area is 218 Å². The summed E-state index contributed by atoms with van der Waals surface area (Å²) in [4.78, 5) is 28.3. The number of fused-ring (bicyclic) bond motifs is 1. The molecule has 0 fully saturated rings. The first kappa shape index (κ1) is 23.1. The van der Waals surface area contributed by atoms with Crippen LogP contribution < -0.4 is 5.32 Å². The molecular weight excluding hydrogens is 476 g/mol. The molecule has 2 heterocycles. The zero-order valence-corrected chi connectivity index (χ0v) is 20.2. The number of nitro benzene ring substituents is 1. The highest BCUT2D eigenvalue weighted by Crippen LogP contribution is 2.41. The van der Waals surface area contributed by atoms with Gasteiger partial charge in [0.1, 0.15) is 5.54 Å². The van der Waals surface area contributed by atoms with Crippen LogP contribution in [0.1, 0.15) is 27.9 Å². The molecule has 0 radical (unpaired) electrons. The molecule has 6 rings (SSSR count). The van der Waals surface area contributed by atoms with Crippen molar-refractivity contribution in [2.45, 2.75) is 5.54 Å². The van der Waals surface area contributed by atoms with E-state index in [4.69, 9.17) is 0 Å². The van der Waals surface area contributed by atoms with Crippen LogP contribution >= 0.6 is 0 Å². The maximum Gasteiger partial charge on any atom is 0.270 e. The van der Waals surface area contributed by atoms with Gasteiger partial charge in [0.05, 0.1) is 22.5 Å². The van der Waals surface area contributed by atoms with E-state index in [-0.39, 0.29) is 11.6 Å². The van der Waals surface area contributed by atoms with Crippen LogP contribution in [0.2, 0.25) is 0 Å². The van der Waals surface area contributed by atoms with Gasteiger partial charge in [0.2, 0.25) is 0 Å². The Bertz CT molecular complexity index is 1580. The standard InChI is InChI=1S/C31H22N4O3/c36-30-28(27-19-26(35(37)38)16-17-29(27)33-30)18-25-20-34(21-32-25)31(22-10-4-1-5-11-22,23-12-6-2-7-13-23)24-14-8-3-9-15-24/h1-21H,(H,33,36)/b28-18-. The summed E-state index contributed by atoms with van der Waals surface area (Å²) in [6.07, 6.45) is 5.34. The quantitative estimate of drug-likeness (QED) is 0.132. The van der Waals surface area contributed by atoms with Gasteiger partial charge in [-0.2, -0.15) is 0 Å². The van der Waals surface area contributed by atoms with Crippen LogP contribution in [0, 0.1) is 10.1 Å². The summed E-state index contributed by atoms with van der Waals surface area (Å²) in [5.41, 5.74) is 4.25. The Balaban J connectivity index is 1.55. The minimum Gasteiger partial charge on any atom is -0.321 e. The molecule has 0 bridgehead atoms. The summed E-state index contributed by atoms with van der Waals surface area (Å²) in [6, 6.07) is 35.0. The molecule has 0 unspecified atom stereocenters. The summed E-state index contributed by atoms with van der Waals surface area (Å²) in [6.45, 7) is 0. The Morgan fingerprint density at radius 3 is 1.89 bits per heavy atom. The van der Waals surface area contributed by atoms with E-state index in [1.54, 1.807) is 18.5 Å². The first-order chi connectivity index (χ1) is 18.6. The van der Waals surface area contributed by atoms with Crippen molar-refractivity contribution in [3.8, 4) is 0 Å². The zero-order valence-electron chi connectivity index (χ0n) is 20.2. The van der Waals surface area contributed by atoms with Crippen LogP contribution in [0.5, 0.6) is 0 Å². The molecule has 0 aliphatic carbocycles. The molecule has 0 atom stereocenters. The van der Waals surface area contributed by atoms with Crippen LogP contribution in [0.4, 0.5) is 11.4 Å². The molecule has 7 nitrogen and oxygen atoms in total. The van der Waals surface area contributed by atoms with Gasteiger partial charge >= 0.3 is 0 Å². The third-order valence-electron chi connectivity index (χ3n) is 6.85. The molecule has 38 heavy (non-hydrogen) atoms. The minimum absolute atomic E-state index is 0.0760. The third-order valence-corrected chi connectivity index (χ3v) is 6.85. The molecule has 1 aliphatic rings. The molecule has 0 saturated heterocycles. The first-order valence-electron chi connectivity index (χ1n) is 12.1. The second kappa shape index (κ2) is 9.29. The van der Waals surface area contributed by atoms with Crippen molar-refractivity contribution in [3.05, 3.63) is 160 Å². The van der Waals surface area contributed by atoms with Gasteiger partial charge in [0.25, 0.3) is 11.6 Å². The molecule has 184 valence electrons. The number of amides is 1. The fraction of sp³-hybridized carbons (Fsp3) is 0.0323. The summed E-state index contributed by atoms with van der Waals surface area (Å²) in [7, 11) is 0.